The quantitative estimate of drug-likeness (QED) is 0.172. The Morgan fingerprint density at radius 3 is 1.31 bits per heavy atom. The summed E-state index contributed by atoms with van der Waals surface area (Å²) in [6, 6.07) is 42.4. The molecule has 0 spiro atoms. The van der Waals surface area contributed by atoms with Gasteiger partial charge in [-0.1, -0.05) is 143 Å². The summed E-state index contributed by atoms with van der Waals surface area (Å²) < 4.78 is 0. The van der Waals surface area contributed by atoms with Crippen LogP contribution in [0.4, 0.5) is 0 Å². The zero-order valence-corrected chi connectivity index (χ0v) is 42.5. The number of nitrogens with zero attached hydrogens (tertiary/aromatic N) is 4. The number of aromatic amines is 2. The van der Waals surface area contributed by atoms with Crippen LogP contribution in [-0.4, -0.2) is 19.9 Å². The third-order valence-corrected chi connectivity index (χ3v) is 13.3. The van der Waals surface area contributed by atoms with Gasteiger partial charge < -0.3 is 9.97 Å². The lowest BCUT2D eigenvalue weighted by molar-refractivity contribution is 0.568. The van der Waals surface area contributed by atoms with E-state index in [9.17, 15) is 10.5 Å². The van der Waals surface area contributed by atoms with Gasteiger partial charge in [-0.05, 0) is 146 Å². The van der Waals surface area contributed by atoms with Gasteiger partial charge in [0.15, 0.2) is 0 Å². The van der Waals surface area contributed by atoms with Gasteiger partial charge in [-0.15, -0.1) is 0 Å². The van der Waals surface area contributed by atoms with Crippen molar-refractivity contribution in [2.24, 2.45) is 0 Å². The van der Waals surface area contributed by atoms with E-state index in [0.717, 1.165) is 83.8 Å². The molecule has 0 amide bonds. The van der Waals surface area contributed by atoms with Crippen molar-refractivity contribution in [2.75, 3.05) is 0 Å². The van der Waals surface area contributed by atoms with Gasteiger partial charge in [0.2, 0.25) is 0 Å². The predicted molar refractivity (Wildman–Crippen MR) is 292 cm³/mol. The maximum absolute atomic E-state index is 9.61. The molecule has 9 rings (SSSR count). The Bertz CT molecular complexity index is 3510. The first-order chi connectivity index (χ1) is 33.0. The summed E-state index contributed by atoms with van der Waals surface area (Å²) in [6.45, 7) is 27.3. The van der Waals surface area contributed by atoms with Gasteiger partial charge in [0, 0.05) is 49.9 Å². The first kappa shape index (κ1) is 47.1. The van der Waals surface area contributed by atoms with Crippen LogP contribution in [0, 0.1) is 34.5 Å². The van der Waals surface area contributed by atoms with Gasteiger partial charge in [-0.3, -0.25) is 0 Å². The molecule has 0 saturated carbocycles. The fourth-order valence-electron chi connectivity index (χ4n) is 9.00. The third kappa shape index (κ3) is 9.54. The minimum Gasteiger partial charge on any atom is -0.355 e. The van der Waals surface area contributed by atoms with E-state index in [0.29, 0.717) is 16.7 Å². The van der Waals surface area contributed by atoms with Crippen molar-refractivity contribution < 1.29 is 0 Å². The van der Waals surface area contributed by atoms with Crippen LogP contribution in [0.5, 0.6) is 0 Å². The highest BCUT2D eigenvalue weighted by atomic mass is 14.8. The van der Waals surface area contributed by atoms with Crippen LogP contribution in [0.2, 0.25) is 0 Å². The van der Waals surface area contributed by atoms with E-state index in [1.54, 1.807) is 18.2 Å². The van der Waals surface area contributed by atoms with Crippen LogP contribution < -0.4 is 0 Å². The summed E-state index contributed by atoms with van der Waals surface area (Å²) in [6.07, 6.45) is 8.54. The summed E-state index contributed by atoms with van der Waals surface area (Å²) in [5.41, 5.74) is 20.2. The zero-order chi connectivity index (χ0) is 49.9. The smallest absolute Gasteiger partial charge is 0.101 e. The fraction of sp³-hybridized carbons (Fsp3) is 0.250. The molecule has 0 aliphatic carbocycles. The minimum absolute atomic E-state index is 0.0853. The van der Waals surface area contributed by atoms with Crippen molar-refractivity contribution in [3.8, 4) is 57.4 Å². The third-order valence-electron chi connectivity index (χ3n) is 13.3. The number of hydrogen-bond donors (Lipinski definition) is 2. The lowest BCUT2D eigenvalue weighted by Gasteiger charge is -2.26. The minimum atomic E-state index is -0.0853. The highest BCUT2D eigenvalue weighted by Gasteiger charge is 2.25. The van der Waals surface area contributed by atoms with Crippen LogP contribution in [0.1, 0.15) is 150 Å². The lowest BCUT2D eigenvalue weighted by atomic mass is 9.78. The number of aromatic nitrogens is 4. The Morgan fingerprint density at radius 1 is 0.386 bits per heavy atom. The largest absolute Gasteiger partial charge is 0.355 e. The maximum atomic E-state index is 9.61. The molecule has 70 heavy (non-hydrogen) atoms. The monoisotopic (exact) mass is 912 g/mol. The highest BCUT2D eigenvalue weighted by Crippen LogP contribution is 2.41. The molecular weight excluding hydrogens is 853 g/mol. The molecule has 0 atom stereocenters. The number of benzene rings is 4. The molecule has 0 radical (unpaired) electrons. The number of nitriles is 2. The normalized spacial score (nSPS) is 12.6. The number of fused-ring (bicyclic) bond motifs is 8. The Balaban J connectivity index is 1.35. The first-order valence-electron chi connectivity index (χ1n) is 24.1. The number of hydrogen-bond acceptors (Lipinski definition) is 4. The molecular formula is C64H60N6. The molecule has 346 valence electrons. The van der Waals surface area contributed by atoms with Gasteiger partial charge in [0.05, 0.1) is 33.9 Å². The average molecular weight is 913 g/mol. The summed E-state index contributed by atoms with van der Waals surface area (Å²) in [7, 11) is 0. The second-order valence-corrected chi connectivity index (χ2v) is 22.8. The molecule has 0 saturated heterocycles. The Morgan fingerprint density at radius 2 is 0.814 bits per heavy atom. The van der Waals surface area contributed by atoms with E-state index < -0.39 is 0 Å². The lowest BCUT2D eigenvalue weighted by Crippen LogP contribution is -2.16. The highest BCUT2D eigenvalue weighted by molar-refractivity contribution is 5.98. The van der Waals surface area contributed by atoms with Gasteiger partial charge in [0.25, 0.3) is 0 Å². The molecule has 6 heteroatoms. The molecule has 2 aliphatic heterocycles. The van der Waals surface area contributed by atoms with E-state index in [2.05, 4.69) is 220 Å². The van der Waals surface area contributed by atoms with Crippen molar-refractivity contribution in [3.05, 3.63) is 176 Å². The topological polar surface area (TPSA) is 105 Å². The molecule has 5 heterocycles. The number of nitrogens with one attached hydrogen (secondary N) is 2. The van der Waals surface area contributed by atoms with Crippen molar-refractivity contribution in [1.82, 2.24) is 19.9 Å². The van der Waals surface area contributed by atoms with Crippen molar-refractivity contribution >= 4 is 46.4 Å². The van der Waals surface area contributed by atoms with Crippen molar-refractivity contribution in [1.29, 1.82) is 10.5 Å². The van der Waals surface area contributed by atoms with Crippen molar-refractivity contribution in [3.63, 3.8) is 0 Å². The summed E-state index contributed by atoms with van der Waals surface area (Å²) in [5.74, 6) is 6.47. The predicted octanol–water partition coefficient (Wildman–Crippen LogP) is 16.0. The number of rotatable bonds is 3. The molecule has 0 unspecified atom stereocenters. The fourth-order valence-corrected chi connectivity index (χ4v) is 9.00. The first-order valence-corrected chi connectivity index (χ1v) is 24.1. The van der Waals surface area contributed by atoms with E-state index in [1.807, 2.05) is 12.1 Å². The molecule has 6 nitrogen and oxygen atoms in total. The Hall–Kier alpha value is -7.98. The molecule has 3 aromatic heterocycles. The van der Waals surface area contributed by atoms with Crippen LogP contribution in [0.3, 0.4) is 0 Å². The molecule has 0 fully saturated rings. The van der Waals surface area contributed by atoms with E-state index in [1.165, 1.54) is 22.3 Å². The van der Waals surface area contributed by atoms with Gasteiger partial charge in [-0.2, -0.15) is 10.5 Å². The van der Waals surface area contributed by atoms with Crippen LogP contribution in [0.25, 0.3) is 79.8 Å². The summed E-state index contributed by atoms with van der Waals surface area (Å²) in [5, 5.41) is 19.0. The maximum Gasteiger partial charge on any atom is 0.101 e. The second-order valence-electron chi connectivity index (χ2n) is 22.8. The number of H-pyrrole nitrogens is 2. The summed E-state index contributed by atoms with van der Waals surface area (Å²) in [4.78, 5) is 18.7. The summed E-state index contributed by atoms with van der Waals surface area (Å²) >= 11 is 0. The average Bonchev–Trinajstić information content (AvgIpc) is 4.15. The van der Waals surface area contributed by atoms with E-state index >= 15 is 0 Å². The SMILES string of the molecule is CC(C)(C)c1cc(-c2c3nc(c(-c4ccc(C#Cc5ccc(C#N)c(C#N)c5)cc4)c4ccc([nH]4)c(-c4cc(C(C)(C)C)cc(C(C)(C)C)c4)c4nc(cc5ccc2[nH]5)C=C4)C=C3)cc(C(C)(C)C)c1. The van der Waals surface area contributed by atoms with Gasteiger partial charge >= 0.3 is 0 Å². The van der Waals surface area contributed by atoms with Crippen LogP contribution >= 0.6 is 0 Å². The molecule has 2 N–H and O–H groups in total. The van der Waals surface area contributed by atoms with Gasteiger partial charge in [0.1, 0.15) is 12.1 Å². The van der Waals surface area contributed by atoms with Crippen LogP contribution in [0.15, 0.2) is 109 Å². The Labute approximate surface area is 413 Å². The molecule has 8 bridgehead atoms. The van der Waals surface area contributed by atoms with E-state index in [4.69, 9.17) is 9.97 Å². The second kappa shape index (κ2) is 17.5. The van der Waals surface area contributed by atoms with Crippen LogP contribution in [-0.2, 0) is 21.7 Å². The molecule has 7 aromatic rings. The molecule has 2 aliphatic rings. The standard InChI is InChI=1S/C64H60N6/c1-61(2,3)46-30-43(31-47(34-46)62(4,5)6)59-52-23-21-50(67-52)36-51-22-24-53(68-51)60(44-32-48(63(7,8)9)35-49(33-44)64(10,11)12)57-28-26-55(70-57)58(54-25-27-56(59)69-54)41-18-15-39(16-19-41)13-14-40-17-20-42(37-65)45(29-40)38-66/h15-36,67,70H,1-12H3. The van der Waals surface area contributed by atoms with E-state index in [-0.39, 0.29) is 21.7 Å². The Kier molecular flexibility index (Phi) is 11.8. The van der Waals surface area contributed by atoms with Gasteiger partial charge in [-0.25, -0.2) is 9.97 Å². The molecule has 4 aromatic carbocycles. The van der Waals surface area contributed by atoms with Crippen molar-refractivity contribution in [2.45, 2.75) is 105 Å². The zero-order valence-electron chi connectivity index (χ0n) is 42.5.